The van der Waals surface area contributed by atoms with E-state index in [1.807, 2.05) is 0 Å². The van der Waals surface area contributed by atoms with Crippen LogP contribution in [0.25, 0.3) is 0 Å². The van der Waals surface area contributed by atoms with E-state index in [1.165, 1.54) is 0 Å². The number of aliphatic hydroxyl groups excluding tert-OH is 1. The topological polar surface area (TPSA) is 78.8 Å². The number of rotatable bonds is 2. The Balaban J connectivity index is 2.21. The Kier molecular flexibility index (Phi) is 2.15. The maximum absolute atomic E-state index is 8.87. The predicted molar refractivity (Wildman–Crippen MR) is 48.9 cm³/mol. The maximum Gasteiger partial charge on any atom is 0.118 e. The molecule has 0 amide bonds. The Morgan fingerprint density at radius 1 is 1.46 bits per heavy atom. The lowest BCUT2D eigenvalue weighted by Gasteiger charge is -2.26. The third kappa shape index (κ3) is 1.20. The molecule has 1 fully saturated rings. The van der Waals surface area contributed by atoms with E-state index in [9.17, 15) is 0 Å². The van der Waals surface area contributed by atoms with Crippen molar-refractivity contribution in [2.24, 2.45) is 11.5 Å². The van der Waals surface area contributed by atoms with E-state index in [-0.39, 0.29) is 12.8 Å². The average Bonchev–Trinajstić information content (AvgIpc) is 2.66. The molecule has 5 heteroatoms. The van der Waals surface area contributed by atoms with Crippen molar-refractivity contribution >= 4 is 0 Å². The summed E-state index contributed by atoms with van der Waals surface area (Å²) in [6, 6.07) is 0. The fourth-order valence-electron chi connectivity index (χ4n) is 2.07. The number of fused-ring (bicyclic) bond motifs is 1. The molecule has 5 N–H and O–H groups in total. The van der Waals surface area contributed by atoms with E-state index < -0.39 is 0 Å². The van der Waals surface area contributed by atoms with Crippen LogP contribution >= 0.6 is 0 Å². The fourth-order valence-corrected chi connectivity index (χ4v) is 2.07. The molecule has 2 aliphatic heterocycles. The summed E-state index contributed by atoms with van der Waals surface area (Å²) >= 11 is 0. The van der Waals surface area contributed by atoms with Crippen LogP contribution in [0, 0.1) is 0 Å². The van der Waals surface area contributed by atoms with Gasteiger partial charge >= 0.3 is 0 Å². The zero-order chi connectivity index (χ0) is 9.42. The highest BCUT2D eigenvalue weighted by atomic mass is 16.3. The van der Waals surface area contributed by atoms with Crippen molar-refractivity contribution in [3.05, 3.63) is 11.4 Å². The van der Waals surface area contributed by atoms with Crippen molar-refractivity contribution < 1.29 is 5.11 Å². The Hall–Kier alpha value is -0.780. The van der Waals surface area contributed by atoms with Gasteiger partial charge < -0.3 is 21.6 Å². The van der Waals surface area contributed by atoms with Crippen molar-refractivity contribution in [1.82, 2.24) is 10.0 Å². The van der Waals surface area contributed by atoms with Crippen molar-refractivity contribution in [3.63, 3.8) is 0 Å². The maximum atomic E-state index is 8.87. The van der Waals surface area contributed by atoms with Gasteiger partial charge in [-0.25, -0.2) is 0 Å². The average molecular weight is 184 g/mol. The summed E-state index contributed by atoms with van der Waals surface area (Å²) in [5.41, 5.74) is 13.5. The number of nitrogens with zero attached hydrogens (tertiary/aromatic N) is 2. The molecule has 5 nitrogen and oxygen atoms in total. The van der Waals surface area contributed by atoms with Crippen LogP contribution in [0.4, 0.5) is 0 Å². The molecule has 0 bridgehead atoms. The summed E-state index contributed by atoms with van der Waals surface area (Å²) in [6.45, 7) is 2.08. The second-order valence-corrected chi connectivity index (χ2v) is 3.46. The lowest BCUT2D eigenvalue weighted by molar-refractivity contribution is 0.0577. The Labute approximate surface area is 77.6 Å². The second kappa shape index (κ2) is 3.17. The standard InChI is InChI=1S/C8H16N4O/c9-7-6(2-5-13)11-3-1-4-12(11)8(7)10/h8,13H,1-5,9-10H2. The molecular weight excluding hydrogens is 168 g/mol. The lowest BCUT2D eigenvalue weighted by atomic mass is 10.2. The molecule has 2 heterocycles. The Bertz CT molecular complexity index is 240. The number of nitrogens with two attached hydrogens (primary N) is 2. The van der Waals surface area contributed by atoms with Crippen molar-refractivity contribution in [2.75, 3.05) is 19.7 Å². The largest absolute Gasteiger partial charge is 0.398 e. The Morgan fingerprint density at radius 2 is 2.23 bits per heavy atom. The van der Waals surface area contributed by atoms with E-state index in [0.29, 0.717) is 12.1 Å². The van der Waals surface area contributed by atoms with Gasteiger partial charge in [0.1, 0.15) is 6.17 Å². The molecule has 1 saturated heterocycles. The first-order valence-corrected chi connectivity index (χ1v) is 4.64. The molecule has 0 spiro atoms. The monoisotopic (exact) mass is 184 g/mol. The third-order valence-electron chi connectivity index (χ3n) is 2.70. The molecule has 0 aromatic carbocycles. The molecule has 2 aliphatic rings. The Morgan fingerprint density at radius 3 is 2.92 bits per heavy atom. The van der Waals surface area contributed by atoms with Crippen LogP contribution in [0.1, 0.15) is 12.8 Å². The lowest BCUT2D eigenvalue weighted by Crippen LogP contribution is -2.43. The summed E-state index contributed by atoms with van der Waals surface area (Å²) < 4.78 is 0. The van der Waals surface area contributed by atoms with Crippen LogP contribution < -0.4 is 11.5 Å². The number of hydrogen-bond donors (Lipinski definition) is 3. The van der Waals surface area contributed by atoms with Gasteiger partial charge in [0, 0.05) is 26.1 Å². The van der Waals surface area contributed by atoms with Crippen LogP contribution in [0.15, 0.2) is 11.4 Å². The quantitative estimate of drug-likeness (QED) is 0.500. The molecule has 74 valence electrons. The summed E-state index contributed by atoms with van der Waals surface area (Å²) in [5, 5.41) is 13.1. The van der Waals surface area contributed by atoms with E-state index in [2.05, 4.69) is 10.0 Å². The van der Waals surface area contributed by atoms with Gasteiger partial charge in [-0.3, -0.25) is 0 Å². The number of hydrazine groups is 1. The zero-order valence-corrected chi connectivity index (χ0v) is 7.61. The molecule has 1 atom stereocenters. The molecule has 13 heavy (non-hydrogen) atoms. The molecule has 2 rings (SSSR count). The predicted octanol–water partition coefficient (Wildman–Crippen LogP) is -1.24. The number of aliphatic hydroxyl groups is 1. The van der Waals surface area contributed by atoms with Gasteiger partial charge in [-0.05, 0) is 6.42 Å². The van der Waals surface area contributed by atoms with Gasteiger partial charge in [0.2, 0.25) is 0 Å². The SMILES string of the molecule is NC1=C(CCO)N2CCCN2C1N. The van der Waals surface area contributed by atoms with Gasteiger partial charge in [0.15, 0.2) is 0 Å². The van der Waals surface area contributed by atoms with Gasteiger partial charge in [0.25, 0.3) is 0 Å². The summed E-state index contributed by atoms with van der Waals surface area (Å²) in [5.74, 6) is 0. The first kappa shape index (κ1) is 8.80. The summed E-state index contributed by atoms with van der Waals surface area (Å²) in [4.78, 5) is 0. The van der Waals surface area contributed by atoms with E-state index in [4.69, 9.17) is 16.6 Å². The summed E-state index contributed by atoms with van der Waals surface area (Å²) in [7, 11) is 0. The van der Waals surface area contributed by atoms with Crippen LogP contribution in [-0.4, -0.2) is 41.0 Å². The van der Waals surface area contributed by atoms with Crippen molar-refractivity contribution in [3.8, 4) is 0 Å². The van der Waals surface area contributed by atoms with E-state index >= 15 is 0 Å². The minimum absolute atomic E-state index is 0.132. The van der Waals surface area contributed by atoms with Gasteiger partial charge in [-0.15, -0.1) is 0 Å². The molecule has 0 aromatic heterocycles. The van der Waals surface area contributed by atoms with Gasteiger partial charge in [0.05, 0.1) is 11.4 Å². The van der Waals surface area contributed by atoms with Crippen LogP contribution in [-0.2, 0) is 0 Å². The first-order valence-electron chi connectivity index (χ1n) is 4.64. The minimum Gasteiger partial charge on any atom is -0.398 e. The summed E-state index contributed by atoms with van der Waals surface area (Å²) in [6.07, 6.45) is 1.55. The van der Waals surface area contributed by atoms with Crippen molar-refractivity contribution in [1.29, 1.82) is 0 Å². The first-order chi connectivity index (χ1) is 6.25. The highest BCUT2D eigenvalue weighted by Crippen LogP contribution is 2.29. The highest BCUT2D eigenvalue weighted by molar-refractivity contribution is 5.21. The normalized spacial score (nSPS) is 28.8. The van der Waals surface area contributed by atoms with E-state index in [0.717, 1.165) is 25.2 Å². The van der Waals surface area contributed by atoms with Crippen LogP contribution in [0.2, 0.25) is 0 Å². The zero-order valence-electron chi connectivity index (χ0n) is 7.61. The molecular formula is C8H16N4O. The molecule has 0 aromatic rings. The molecule has 0 saturated carbocycles. The molecule has 1 unspecified atom stereocenters. The van der Waals surface area contributed by atoms with E-state index in [1.54, 1.807) is 0 Å². The minimum atomic E-state index is -0.177. The number of hydrogen-bond acceptors (Lipinski definition) is 5. The molecule has 0 radical (unpaired) electrons. The van der Waals surface area contributed by atoms with Crippen molar-refractivity contribution in [2.45, 2.75) is 19.0 Å². The van der Waals surface area contributed by atoms with Crippen LogP contribution in [0.3, 0.4) is 0 Å². The fraction of sp³-hybridized carbons (Fsp3) is 0.750. The van der Waals surface area contributed by atoms with Gasteiger partial charge in [-0.1, -0.05) is 0 Å². The smallest absolute Gasteiger partial charge is 0.118 e. The highest BCUT2D eigenvalue weighted by Gasteiger charge is 2.37. The van der Waals surface area contributed by atoms with Gasteiger partial charge in [-0.2, -0.15) is 5.01 Å². The second-order valence-electron chi connectivity index (χ2n) is 3.46. The van der Waals surface area contributed by atoms with Crippen LogP contribution in [0.5, 0.6) is 0 Å². The third-order valence-corrected chi connectivity index (χ3v) is 2.70. The molecule has 0 aliphatic carbocycles.